The van der Waals surface area contributed by atoms with Crippen LogP contribution in [-0.2, 0) is 0 Å². The molecule has 0 aliphatic rings. The van der Waals surface area contributed by atoms with Crippen molar-refractivity contribution in [2.75, 3.05) is 0 Å². The predicted molar refractivity (Wildman–Crippen MR) is 48.4 cm³/mol. The minimum atomic E-state index is 1.11. The molecular formula is C9H10S. The van der Waals surface area contributed by atoms with Gasteiger partial charge in [0.05, 0.1) is 0 Å². The second kappa shape index (κ2) is 3.37. The molecule has 0 saturated heterocycles. The number of hydrogen-bond acceptors (Lipinski definition) is 1. The van der Waals surface area contributed by atoms with Gasteiger partial charge in [-0.2, -0.15) is 0 Å². The highest BCUT2D eigenvalue weighted by Gasteiger charge is 1.78. The van der Waals surface area contributed by atoms with Crippen LogP contribution < -0.4 is 9.75 Å². The minimum absolute atomic E-state index is 1.11. The molecule has 1 heteroatoms. The van der Waals surface area contributed by atoms with Gasteiger partial charge in [-0.1, -0.05) is 18.7 Å². The highest BCUT2D eigenvalue weighted by Crippen LogP contribution is 1.80. The van der Waals surface area contributed by atoms with E-state index in [2.05, 4.69) is 18.0 Å². The van der Waals surface area contributed by atoms with Crippen LogP contribution in [0.3, 0.4) is 0 Å². The molecule has 0 spiro atoms. The van der Waals surface area contributed by atoms with Gasteiger partial charge in [-0.15, -0.1) is 11.3 Å². The Balaban J connectivity index is 3.16. The van der Waals surface area contributed by atoms with Crippen LogP contribution in [0.5, 0.6) is 0 Å². The zero-order chi connectivity index (χ0) is 7.40. The third-order valence-electron chi connectivity index (χ3n) is 1.22. The van der Waals surface area contributed by atoms with Crippen LogP contribution in [0.4, 0.5) is 0 Å². The molecule has 0 aliphatic heterocycles. The first-order valence-electron chi connectivity index (χ1n) is 3.20. The van der Waals surface area contributed by atoms with Gasteiger partial charge in [-0.3, -0.25) is 0 Å². The van der Waals surface area contributed by atoms with Crippen molar-refractivity contribution >= 4 is 24.0 Å². The molecule has 0 aliphatic carbocycles. The van der Waals surface area contributed by atoms with Crippen LogP contribution in [0.2, 0.25) is 0 Å². The lowest BCUT2D eigenvalue weighted by molar-refractivity contribution is 1.72. The fraction of sp³-hybridized carbons (Fsp3) is 0.111. The van der Waals surface area contributed by atoms with E-state index in [1.54, 1.807) is 11.3 Å². The molecule has 0 aromatic carbocycles. The maximum absolute atomic E-state index is 3.88. The van der Waals surface area contributed by atoms with Crippen LogP contribution in [0, 0.1) is 0 Å². The summed E-state index contributed by atoms with van der Waals surface area (Å²) in [5.41, 5.74) is 0. The third-order valence-corrected chi connectivity index (χ3v) is 2.15. The molecule has 0 unspecified atom stereocenters. The van der Waals surface area contributed by atoms with Crippen molar-refractivity contribution in [3.05, 3.63) is 33.3 Å². The first-order valence-corrected chi connectivity index (χ1v) is 4.08. The lowest BCUT2D eigenvalue weighted by Crippen LogP contribution is -2.14. The van der Waals surface area contributed by atoms with E-state index in [9.17, 15) is 0 Å². The van der Waals surface area contributed by atoms with Crippen molar-refractivity contribution in [1.82, 2.24) is 0 Å². The van der Waals surface area contributed by atoms with Crippen molar-refractivity contribution < 1.29 is 0 Å². The predicted octanol–water partition coefficient (Wildman–Crippen LogP) is 1.52. The van der Waals surface area contributed by atoms with Crippen molar-refractivity contribution in [2.45, 2.75) is 6.92 Å². The van der Waals surface area contributed by atoms with Crippen molar-refractivity contribution in [3.8, 4) is 0 Å². The van der Waals surface area contributed by atoms with Crippen LogP contribution in [-0.4, -0.2) is 0 Å². The lowest BCUT2D eigenvalue weighted by Gasteiger charge is -1.71. The Bertz CT molecular complexity index is 317. The van der Waals surface area contributed by atoms with Gasteiger partial charge in [0.25, 0.3) is 0 Å². The summed E-state index contributed by atoms with van der Waals surface area (Å²) in [5.74, 6) is 0. The summed E-state index contributed by atoms with van der Waals surface area (Å²) in [7, 11) is 0. The summed E-state index contributed by atoms with van der Waals surface area (Å²) in [5, 5.41) is 3.17. The third kappa shape index (κ3) is 1.58. The summed E-state index contributed by atoms with van der Waals surface area (Å²) >= 11 is 1.72. The number of thiophene rings is 1. The molecule has 1 rings (SSSR count). The molecule has 0 radical (unpaired) electrons. The van der Waals surface area contributed by atoms with Crippen LogP contribution in [0.1, 0.15) is 6.92 Å². The Kier molecular flexibility index (Phi) is 2.46. The Labute approximate surface area is 64.8 Å². The van der Waals surface area contributed by atoms with Gasteiger partial charge in [-0.05, 0) is 29.7 Å². The van der Waals surface area contributed by atoms with E-state index in [-0.39, 0.29) is 0 Å². The minimum Gasteiger partial charge on any atom is -0.144 e. The Hall–Kier alpha value is -0.820. The van der Waals surface area contributed by atoms with Crippen molar-refractivity contribution in [2.24, 2.45) is 0 Å². The molecule has 0 N–H and O–H groups in total. The van der Waals surface area contributed by atoms with Gasteiger partial charge < -0.3 is 0 Å². The highest BCUT2D eigenvalue weighted by atomic mass is 32.1. The maximum Gasteiger partial charge on any atom is 0.0336 e. The molecule has 0 bridgehead atoms. The Morgan fingerprint density at radius 3 is 2.90 bits per heavy atom. The van der Waals surface area contributed by atoms with Crippen molar-refractivity contribution in [1.29, 1.82) is 0 Å². The van der Waals surface area contributed by atoms with Gasteiger partial charge in [0.15, 0.2) is 0 Å². The molecule has 0 saturated carbocycles. The smallest absolute Gasteiger partial charge is 0.0336 e. The van der Waals surface area contributed by atoms with Gasteiger partial charge >= 0.3 is 0 Å². The quantitative estimate of drug-likeness (QED) is 0.569. The summed E-state index contributed by atoms with van der Waals surface area (Å²) in [6, 6.07) is 2.03. The van der Waals surface area contributed by atoms with E-state index < -0.39 is 0 Å². The second-order valence-corrected chi connectivity index (χ2v) is 2.95. The van der Waals surface area contributed by atoms with Gasteiger partial charge in [0.2, 0.25) is 0 Å². The Morgan fingerprint density at radius 1 is 1.60 bits per heavy atom. The van der Waals surface area contributed by atoms with E-state index in [1.807, 2.05) is 25.1 Å². The summed E-state index contributed by atoms with van der Waals surface area (Å²) < 4.78 is 1.25. The monoisotopic (exact) mass is 150 g/mol. The summed E-state index contributed by atoms with van der Waals surface area (Å²) in [6.45, 7) is 5.89. The standard InChI is InChI=1S/C9H10S/c1-3-4-5-9-8(2)6-7-10-9/h3-7H,2H2,1H3/b4-3-,9-5+. The number of rotatable bonds is 1. The molecule has 0 fully saturated rings. The number of allylic oxidation sites excluding steroid dienone is 2. The van der Waals surface area contributed by atoms with E-state index in [4.69, 9.17) is 0 Å². The normalized spacial score (nSPS) is 13.1. The zero-order valence-electron chi connectivity index (χ0n) is 6.00. The maximum atomic E-state index is 3.88. The van der Waals surface area contributed by atoms with Crippen LogP contribution in [0.15, 0.2) is 23.6 Å². The Morgan fingerprint density at radius 2 is 2.40 bits per heavy atom. The lowest BCUT2D eigenvalue weighted by atomic mass is 10.4. The van der Waals surface area contributed by atoms with E-state index >= 15 is 0 Å². The summed E-state index contributed by atoms with van der Waals surface area (Å²) in [4.78, 5) is 0. The van der Waals surface area contributed by atoms with E-state index in [0.717, 1.165) is 5.22 Å². The molecule has 0 amide bonds. The molecule has 10 heavy (non-hydrogen) atoms. The molecular weight excluding hydrogens is 140 g/mol. The largest absolute Gasteiger partial charge is 0.144 e. The van der Waals surface area contributed by atoms with Gasteiger partial charge in [0.1, 0.15) is 0 Å². The SMILES string of the molecule is C=c1ccs/c1=C/C=C\C. The zero-order valence-corrected chi connectivity index (χ0v) is 6.82. The topological polar surface area (TPSA) is 0 Å². The molecule has 1 heterocycles. The average molecular weight is 150 g/mol. The average Bonchev–Trinajstić information content (AvgIpc) is 2.31. The molecule has 1 aromatic rings. The second-order valence-electron chi connectivity index (χ2n) is 2.00. The highest BCUT2D eigenvalue weighted by molar-refractivity contribution is 7.07. The van der Waals surface area contributed by atoms with Crippen LogP contribution >= 0.6 is 11.3 Å². The fourth-order valence-electron chi connectivity index (χ4n) is 0.677. The first-order chi connectivity index (χ1) is 4.84. The van der Waals surface area contributed by atoms with Crippen LogP contribution in [0.25, 0.3) is 12.7 Å². The number of hydrogen-bond donors (Lipinski definition) is 0. The molecule has 52 valence electrons. The molecule has 1 aromatic heterocycles. The van der Waals surface area contributed by atoms with E-state index in [0.29, 0.717) is 0 Å². The molecule has 0 atom stereocenters. The van der Waals surface area contributed by atoms with Gasteiger partial charge in [0, 0.05) is 4.53 Å². The molecule has 0 nitrogen and oxygen atoms in total. The summed E-state index contributed by atoms with van der Waals surface area (Å²) in [6.07, 6.45) is 6.12. The van der Waals surface area contributed by atoms with Crippen molar-refractivity contribution in [3.63, 3.8) is 0 Å². The van der Waals surface area contributed by atoms with E-state index in [1.165, 1.54) is 4.53 Å². The fourth-order valence-corrected chi connectivity index (χ4v) is 1.43. The first kappa shape index (κ1) is 7.29. The van der Waals surface area contributed by atoms with Gasteiger partial charge in [-0.25, -0.2) is 0 Å².